The maximum Gasteiger partial charge on any atom is 0.295 e. The van der Waals surface area contributed by atoms with Gasteiger partial charge in [0, 0.05) is 24.5 Å². The molecule has 0 radical (unpaired) electrons. The van der Waals surface area contributed by atoms with E-state index in [-0.39, 0.29) is 23.3 Å². The summed E-state index contributed by atoms with van der Waals surface area (Å²) in [4.78, 5) is 32.0. The van der Waals surface area contributed by atoms with E-state index in [4.69, 9.17) is 0 Å². The summed E-state index contributed by atoms with van der Waals surface area (Å²) in [6.07, 6.45) is 3.32. The number of amides is 1. The Morgan fingerprint density at radius 2 is 1.67 bits per heavy atom. The van der Waals surface area contributed by atoms with Crippen LogP contribution < -0.4 is 0 Å². The third kappa shape index (κ3) is 4.31. The lowest BCUT2D eigenvalue weighted by molar-refractivity contribution is -0.140. The van der Waals surface area contributed by atoms with Crippen molar-refractivity contribution in [2.45, 2.75) is 45.7 Å². The summed E-state index contributed by atoms with van der Waals surface area (Å²) in [7, 11) is 0. The first kappa shape index (κ1) is 22.5. The van der Waals surface area contributed by atoms with Crippen LogP contribution in [-0.2, 0) is 21.5 Å². The van der Waals surface area contributed by atoms with Gasteiger partial charge in [-0.1, -0.05) is 63.2 Å². The summed E-state index contributed by atoms with van der Waals surface area (Å²) in [6.45, 7) is 8.42. The number of hydrogen-bond donors (Lipinski definition) is 1. The molecule has 0 spiro atoms. The lowest BCUT2D eigenvalue weighted by atomic mass is 9.84. The molecule has 1 aromatic heterocycles. The van der Waals surface area contributed by atoms with Crippen molar-refractivity contribution < 1.29 is 14.7 Å². The van der Waals surface area contributed by atoms with Gasteiger partial charge < -0.3 is 10.0 Å². The average Bonchev–Trinajstić information content (AvgIpc) is 3.04. The first-order chi connectivity index (χ1) is 15.7. The molecule has 1 N–H and O–H groups in total. The van der Waals surface area contributed by atoms with Gasteiger partial charge in [-0.05, 0) is 52.8 Å². The molecule has 1 amide bonds. The SMILES string of the molecule is Cc1ccc(C(C)(C)C)cc1/C(O)=C1\C(=O)C(=O)N(Cc2ccncc2)C1c1ccccc1. The highest BCUT2D eigenvalue weighted by atomic mass is 16.3. The molecule has 168 valence electrons. The zero-order valence-electron chi connectivity index (χ0n) is 19.4. The molecule has 1 unspecified atom stereocenters. The van der Waals surface area contributed by atoms with Crippen molar-refractivity contribution in [3.8, 4) is 0 Å². The van der Waals surface area contributed by atoms with Gasteiger partial charge in [-0.15, -0.1) is 0 Å². The highest BCUT2D eigenvalue weighted by Gasteiger charge is 2.46. The molecule has 0 saturated carbocycles. The molecule has 33 heavy (non-hydrogen) atoms. The first-order valence-corrected chi connectivity index (χ1v) is 11.0. The van der Waals surface area contributed by atoms with Crippen molar-refractivity contribution in [3.63, 3.8) is 0 Å². The molecule has 1 atom stereocenters. The fourth-order valence-electron chi connectivity index (χ4n) is 4.20. The minimum absolute atomic E-state index is 0.120. The number of carbonyl (C=O) groups excluding carboxylic acids is 2. The molecule has 5 nitrogen and oxygen atoms in total. The number of ketones is 1. The van der Waals surface area contributed by atoms with Crippen molar-refractivity contribution in [3.05, 3.63) is 106 Å². The smallest absolute Gasteiger partial charge is 0.295 e. The Labute approximate surface area is 194 Å². The zero-order chi connectivity index (χ0) is 23.8. The van der Waals surface area contributed by atoms with Crippen LogP contribution in [0.25, 0.3) is 5.76 Å². The van der Waals surface area contributed by atoms with Crippen LogP contribution in [0.3, 0.4) is 0 Å². The second kappa shape index (κ2) is 8.66. The van der Waals surface area contributed by atoms with Gasteiger partial charge >= 0.3 is 0 Å². The summed E-state index contributed by atoms with van der Waals surface area (Å²) in [6, 6.07) is 18.2. The van der Waals surface area contributed by atoms with Crippen molar-refractivity contribution >= 4 is 17.4 Å². The van der Waals surface area contributed by atoms with Crippen molar-refractivity contribution in [2.75, 3.05) is 0 Å². The maximum atomic E-state index is 13.3. The van der Waals surface area contributed by atoms with Crippen LogP contribution in [0.15, 0.2) is 78.6 Å². The summed E-state index contributed by atoms with van der Waals surface area (Å²) in [5, 5.41) is 11.5. The topological polar surface area (TPSA) is 70.5 Å². The Hall–Kier alpha value is -3.73. The van der Waals surface area contributed by atoms with Crippen LogP contribution in [0, 0.1) is 6.92 Å². The van der Waals surface area contributed by atoms with Crippen molar-refractivity contribution in [2.24, 2.45) is 0 Å². The number of aliphatic hydroxyl groups excluding tert-OH is 1. The number of aromatic nitrogens is 1. The molecule has 5 heteroatoms. The fraction of sp³-hybridized carbons (Fsp3) is 0.250. The third-order valence-electron chi connectivity index (χ3n) is 6.12. The predicted octanol–water partition coefficient (Wildman–Crippen LogP) is 5.31. The fourth-order valence-corrected chi connectivity index (χ4v) is 4.20. The van der Waals surface area contributed by atoms with E-state index in [0.717, 1.165) is 22.3 Å². The Kier molecular flexibility index (Phi) is 5.90. The molecule has 0 bridgehead atoms. The number of pyridine rings is 1. The standard InChI is InChI=1S/C28H28N2O3/c1-18-10-11-21(28(2,3)4)16-22(18)25(31)23-24(20-8-6-5-7-9-20)30(27(33)26(23)32)17-19-12-14-29-15-13-19/h5-16,24,31H,17H2,1-4H3/b25-23+. The quantitative estimate of drug-likeness (QED) is 0.339. The van der Waals surface area contributed by atoms with Crippen LogP contribution in [0.4, 0.5) is 0 Å². The van der Waals surface area contributed by atoms with Crippen LogP contribution in [0.2, 0.25) is 0 Å². The van der Waals surface area contributed by atoms with E-state index in [1.807, 2.05) is 67.6 Å². The summed E-state index contributed by atoms with van der Waals surface area (Å²) < 4.78 is 0. The Morgan fingerprint density at radius 1 is 1.00 bits per heavy atom. The third-order valence-corrected chi connectivity index (χ3v) is 6.12. The molecule has 1 fully saturated rings. The number of hydrogen-bond acceptors (Lipinski definition) is 4. The lowest BCUT2D eigenvalue weighted by Gasteiger charge is -2.26. The number of rotatable bonds is 4. The second-order valence-electron chi connectivity index (χ2n) is 9.47. The number of aryl methyl sites for hydroxylation is 1. The molecular weight excluding hydrogens is 412 g/mol. The summed E-state index contributed by atoms with van der Waals surface area (Å²) in [5.41, 5.74) is 4.08. The normalized spacial score (nSPS) is 18.1. The number of likely N-dealkylation sites (tertiary alicyclic amines) is 1. The van der Waals surface area contributed by atoms with Crippen LogP contribution in [-0.4, -0.2) is 26.7 Å². The van der Waals surface area contributed by atoms with Crippen LogP contribution in [0.5, 0.6) is 0 Å². The van der Waals surface area contributed by atoms with Gasteiger partial charge in [0.25, 0.3) is 11.7 Å². The van der Waals surface area contributed by atoms with Gasteiger partial charge in [0.2, 0.25) is 0 Å². The first-order valence-electron chi connectivity index (χ1n) is 11.0. The minimum atomic E-state index is -0.683. The van der Waals surface area contributed by atoms with Gasteiger partial charge in [0.05, 0.1) is 11.6 Å². The summed E-state index contributed by atoms with van der Waals surface area (Å²) in [5.74, 6) is -1.43. The van der Waals surface area contributed by atoms with Gasteiger partial charge in [-0.2, -0.15) is 0 Å². The highest BCUT2D eigenvalue weighted by Crippen LogP contribution is 2.41. The molecule has 1 aliphatic heterocycles. The Balaban J connectivity index is 1.90. The molecule has 1 saturated heterocycles. The maximum absolute atomic E-state index is 13.3. The van der Waals surface area contributed by atoms with Crippen molar-refractivity contribution in [1.29, 1.82) is 0 Å². The van der Waals surface area contributed by atoms with Gasteiger partial charge in [0.15, 0.2) is 0 Å². The number of carbonyl (C=O) groups is 2. The Bertz CT molecular complexity index is 1230. The van der Waals surface area contributed by atoms with E-state index in [9.17, 15) is 14.7 Å². The molecule has 0 aliphatic carbocycles. The highest BCUT2D eigenvalue weighted by molar-refractivity contribution is 6.46. The lowest BCUT2D eigenvalue weighted by Crippen LogP contribution is -2.29. The van der Waals surface area contributed by atoms with Crippen LogP contribution >= 0.6 is 0 Å². The largest absolute Gasteiger partial charge is 0.507 e. The van der Waals surface area contributed by atoms with Gasteiger partial charge in [-0.3, -0.25) is 14.6 Å². The van der Waals surface area contributed by atoms with Gasteiger partial charge in [-0.25, -0.2) is 0 Å². The number of benzene rings is 2. The number of nitrogens with zero attached hydrogens (tertiary/aromatic N) is 2. The Morgan fingerprint density at radius 3 is 2.30 bits per heavy atom. The predicted molar refractivity (Wildman–Crippen MR) is 128 cm³/mol. The number of Topliss-reactive ketones (excluding diaryl/α,β-unsaturated/α-hetero) is 1. The molecular formula is C28H28N2O3. The molecule has 2 heterocycles. The molecule has 2 aromatic carbocycles. The van der Waals surface area contributed by atoms with E-state index >= 15 is 0 Å². The number of aliphatic hydroxyl groups is 1. The minimum Gasteiger partial charge on any atom is -0.507 e. The second-order valence-corrected chi connectivity index (χ2v) is 9.47. The monoisotopic (exact) mass is 440 g/mol. The van der Waals surface area contributed by atoms with E-state index in [2.05, 4.69) is 25.8 Å². The van der Waals surface area contributed by atoms with E-state index in [1.165, 1.54) is 4.90 Å². The zero-order valence-corrected chi connectivity index (χ0v) is 19.4. The summed E-state index contributed by atoms with van der Waals surface area (Å²) >= 11 is 0. The van der Waals surface area contributed by atoms with Crippen LogP contribution in [0.1, 0.15) is 54.6 Å². The molecule has 1 aliphatic rings. The van der Waals surface area contributed by atoms with Crippen molar-refractivity contribution in [1.82, 2.24) is 9.88 Å². The van der Waals surface area contributed by atoms with E-state index in [1.54, 1.807) is 12.4 Å². The molecule has 3 aromatic rings. The average molecular weight is 441 g/mol. The van der Waals surface area contributed by atoms with E-state index in [0.29, 0.717) is 5.56 Å². The van der Waals surface area contributed by atoms with E-state index < -0.39 is 17.7 Å². The molecule has 4 rings (SSSR count). The van der Waals surface area contributed by atoms with Gasteiger partial charge in [0.1, 0.15) is 5.76 Å².